The number of nitrogens with two attached hydrogens (primary N) is 1. The highest BCUT2D eigenvalue weighted by atomic mass is 35.5. The Balaban J connectivity index is 3.59. The normalized spacial score (nSPS) is 11.9. The Morgan fingerprint density at radius 3 is 2.50 bits per heavy atom. The molecule has 0 radical (unpaired) electrons. The fraction of sp³-hybridized carbons (Fsp3) is 0.286. The molecule has 0 fully saturated rings. The van der Waals surface area contributed by atoms with E-state index in [0.29, 0.717) is 0 Å². The summed E-state index contributed by atoms with van der Waals surface area (Å²) in [6.07, 6.45) is -3.12. The van der Waals surface area contributed by atoms with Gasteiger partial charge in [-0.15, -0.1) is 0 Å². The van der Waals surface area contributed by atoms with E-state index in [1.54, 1.807) is 0 Å². The van der Waals surface area contributed by atoms with Crippen molar-refractivity contribution in [2.45, 2.75) is 11.3 Å². The third kappa shape index (κ3) is 2.57. The average molecular weight is 273 g/mol. The summed E-state index contributed by atoms with van der Waals surface area (Å²) < 4.78 is 51.8. The van der Waals surface area contributed by atoms with Crippen LogP contribution >= 0.6 is 11.6 Å². The number of hydrogen-bond acceptors (Lipinski definition) is 4. The van der Waals surface area contributed by atoms with Crippen LogP contribution in [0.25, 0.3) is 0 Å². The number of pyridine rings is 1. The lowest BCUT2D eigenvalue weighted by atomic mass is 10.3. The molecule has 9 heteroatoms. The number of primary sulfonamides is 1. The van der Waals surface area contributed by atoms with E-state index in [9.17, 15) is 17.2 Å². The molecule has 0 unspecified atom stereocenters. The molecule has 1 aromatic rings. The predicted octanol–water partition coefficient (Wildman–Crippen LogP) is 1.33. The minimum atomic E-state index is -4.36. The van der Waals surface area contributed by atoms with E-state index in [2.05, 4.69) is 9.72 Å². The number of sulfonamides is 1. The largest absolute Gasteiger partial charge is 0.481 e. The summed E-state index contributed by atoms with van der Waals surface area (Å²) in [5.41, 5.74) is -1.02. The van der Waals surface area contributed by atoms with Gasteiger partial charge in [-0.3, -0.25) is 0 Å². The third-order valence-corrected chi connectivity index (χ3v) is 3.04. The van der Waals surface area contributed by atoms with Crippen molar-refractivity contribution in [3.05, 3.63) is 16.8 Å². The number of nitrogens with zero attached hydrogens (tertiary/aromatic N) is 1. The monoisotopic (exact) mass is 272 g/mol. The third-order valence-electron chi connectivity index (χ3n) is 1.63. The maximum Gasteiger partial charge on any atom is 0.281 e. The zero-order chi connectivity index (χ0) is 12.5. The number of methoxy groups -OCH3 is 1. The first-order valence-corrected chi connectivity index (χ1v) is 5.75. The van der Waals surface area contributed by atoms with Crippen molar-refractivity contribution in [1.29, 1.82) is 0 Å². The van der Waals surface area contributed by atoms with Crippen LogP contribution in [0.2, 0.25) is 5.02 Å². The lowest BCUT2D eigenvalue weighted by Crippen LogP contribution is -2.16. The summed E-state index contributed by atoms with van der Waals surface area (Å²) in [4.78, 5) is 2.42. The van der Waals surface area contributed by atoms with Crippen LogP contribution in [0.1, 0.15) is 12.1 Å². The van der Waals surface area contributed by atoms with Gasteiger partial charge in [-0.2, -0.15) is 0 Å². The molecule has 0 aliphatic carbocycles. The molecule has 2 N–H and O–H groups in total. The second-order valence-electron chi connectivity index (χ2n) is 2.71. The number of alkyl halides is 2. The molecule has 0 aliphatic heterocycles. The van der Waals surface area contributed by atoms with Gasteiger partial charge >= 0.3 is 0 Å². The number of ether oxygens (including phenoxy) is 1. The summed E-state index contributed by atoms with van der Waals surface area (Å²) in [6.45, 7) is 0. The van der Waals surface area contributed by atoms with Crippen molar-refractivity contribution in [2.24, 2.45) is 5.14 Å². The van der Waals surface area contributed by atoms with Crippen LogP contribution in [-0.2, 0) is 10.0 Å². The second kappa shape index (κ2) is 4.48. The fourth-order valence-electron chi connectivity index (χ4n) is 1.03. The Kier molecular flexibility index (Phi) is 3.66. The first-order valence-electron chi connectivity index (χ1n) is 3.82. The van der Waals surface area contributed by atoms with Gasteiger partial charge < -0.3 is 4.74 Å². The van der Waals surface area contributed by atoms with E-state index in [1.165, 1.54) is 7.11 Å². The van der Waals surface area contributed by atoms with Gasteiger partial charge in [0.15, 0.2) is 0 Å². The molecule has 0 saturated carbocycles. The zero-order valence-electron chi connectivity index (χ0n) is 7.95. The first kappa shape index (κ1) is 13.1. The quantitative estimate of drug-likeness (QED) is 0.900. The van der Waals surface area contributed by atoms with Crippen molar-refractivity contribution < 1.29 is 21.9 Å². The van der Waals surface area contributed by atoms with Crippen molar-refractivity contribution >= 4 is 21.6 Å². The lowest BCUT2D eigenvalue weighted by Gasteiger charge is -2.09. The van der Waals surface area contributed by atoms with E-state index in [-0.39, 0.29) is 5.88 Å². The topological polar surface area (TPSA) is 82.3 Å². The van der Waals surface area contributed by atoms with Crippen LogP contribution in [0.4, 0.5) is 8.78 Å². The van der Waals surface area contributed by atoms with Gasteiger partial charge in [-0.25, -0.2) is 27.3 Å². The van der Waals surface area contributed by atoms with Crippen LogP contribution in [0.5, 0.6) is 5.88 Å². The predicted molar refractivity (Wildman–Crippen MR) is 52.1 cm³/mol. The highest BCUT2D eigenvalue weighted by Crippen LogP contribution is 2.32. The Hall–Kier alpha value is -0.990. The standard InChI is InChI=1S/C7H7ClF2N2O3S/c1-15-4-2-3(8)6(16(11,13)14)5(12-4)7(9)10/h2,7H,1H3,(H2,11,13,14). The van der Waals surface area contributed by atoms with Gasteiger partial charge in [0.1, 0.15) is 10.6 Å². The van der Waals surface area contributed by atoms with Crippen molar-refractivity contribution in [3.63, 3.8) is 0 Å². The Labute approximate surface area is 95.2 Å². The number of aromatic nitrogens is 1. The molecule has 0 aliphatic rings. The number of rotatable bonds is 3. The molecule has 0 spiro atoms. The van der Waals surface area contributed by atoms with Gasteiger partial charge in [0.25, 0.3) is 6.43 Å². The van der Waals surface area contributed by atoms with Crippen molar-refractivity contribution in [2.75, 3.05) is 7.11 Å². The number of halogens is 3. The van der Waals surface area contributed by atoms with Gasteiger partial charge in [0.05, 0.1) is 12.1 Å². The molecule has 0 saturated heterocycles. The second-order valence-corrected chi connectivity index (χ2v) is 4.61. The van der Waals surface area contributed by atoms with Crippen molar-refractivity contribution in [3.8, 4) is 5.88 Å². The lowest BCUT2D eigenvalue weighted by molar-refractivity contribution is 0.141. The van der Waals surface area contributed by atoms with E-state index < -0.39 is 32.1 Å². The molecule has 0 aromatic carbocycles. The van der Waals surface area contributed by atoms with Crippen LogP contribution in [0.15, 0.2) is 11.0 Å². The smallest absolute Gasteiger partial charge is 0.281 e. The summed E-state index contributed by atoms with van der Waals surface area (Å²) in [5.74, 6) is -0.215. The molecular formula is C7H7ClF2N2O3S. The summed E-state index contributed by atoms with van der Waals surface area (Å²) in [6, 6.07) is 0.993. The van der Waals surface area contributed by atoms with Crippen LogP contribution in [0, 0.1) is 0 Å². The van der Waals surface area contributed by atoms with Gasteiger partial charge in [-0.05, 0) is 0 Å². The molecule has 1 rings (SSSR count). The summed E-state index contributed by atoms with van der Waals surface area (Å²) in [7, 11) is -3.18. The SMILES string of the molecule is COc1cc(Cl)c(S(N)(=O)=O)c(C(F)F)n1. The highest BCUT2D eigenvalue weighted by molar-refractivity contribution is 7.89. The summed E-state index contributed by atoms with van der Waals surface area (Å²) >= 11 is 5.53. The van der Waals surface area contributed by atoms with Gasteiger partial charge in [0, 0.05) is 6.07 Å². The van der Waals surface area contributed by atoms with Gasteiger partial charge in [0.2, 0.25) is 15.9 Å². The van der Waals surface area contributed by atoms with E-state index in [1.807, 2.05) is 0 Å². The first-order chi connectivity index (χ1) is 7.27. The van der Waals surface area contributed by atoms with Crippen LogP contribution in [0.3, 0.4) is 0 Å². The molecule has 1 heterocycles. The van der Waals surface area contributed by atoms with Crippen LogP contribution in [-0.4, -0.2) is 20.5 Å². The van der Waals surface area contributed by atoms with Gasteiger partial charge in [-0.1, -0.05) is 11.6 Å². The minimum Gasteiger partial charge on any atom is -0.481 e. The number of hydrogen-bond donors (Lipinski definition) is 1. The molecule has 5 nitrogen and oxygen atoms in total. The Bertz CT molecular complexity index is 507. The fourth-order valence-corrected chi connectivity index (χ4v) is 2.30. The maximum atomic E-state index is 12.6. The average Bonchev–Trinajstić information content (AvgIpc) is 2.14. The van der Waals surface area contributed by atoms with E-state index in [4.69, 9.17) is 16.7 Å². The van der Waals surface area contributed by atoms with Crippen molar-refractivity contribution in [1.82, 2.24) is 4.98 Å². The molecule has 0 atom stereocenters. The molecule has 0 amide bonds. The maximum absolute atomic E-state index is 12.6. The zero-order valence-corrected chi connectivity index (χ0v) is 9.52. The Morgan fingerprint density at radius 2 is 2.12 bits per heavy atom. The van der Waals surface area contributed by atoms with Crippen LogP contribution < -0.4 is 9.88 Å². The highest BCUT2D eigenvalue weighted by Gasteiger charge is 2.26. The molecule has 90 valence electrons. The molecule has 1 aromatic heterocycles. The molecular weight excluding hydrogens is 266 g/mol. The summed E-state index contributed by atoms with van der Waals surface area (Å²) in [5, 5.41) is 4.31. The van der Waals surface area contributed by atoms with E-state index in [0.717, 1.165) is 6.07 Å². The molecule has 0 bridgehead atoms. The Morgan fingerprint density at radius 1 is 1.56 bits per heavy atom. The van der Waals surface area contributed by atoms with E-state index >= 15 is 0 Å². The molecule has 16 heavy (non-hydrogen) atoms. The minimum absolute atomic E-state index is 0.215.